The van der Waals surface area contributed by atoms with E-state index in [0.29, 0.717) is 6.54 Å². The number of halogens is 1. The molecule has 24 heavy (non-hydrogen) atoms. The van der Waals surface area contributed by atoms with Crippen LogP contribution < -0.4 is 15.5 Å². The lowest BCUT2D eigenvalue weighted by atomic mass is 9.97. The predicted octanol–water partition coefficient (Wildman–Crippen LogP) is 1.34. The van der Waals surface area contributed by atoms with Gasteiger partial charge in [-0.1, -0.05) is 6.07 Å². The third-order valence-electron chi connectivity index (χ3n) is 4.55. The van der Waals surface area contributed by atoms with Gasteiger partial charge in [0.2, 0.25) is 5.91 Å². The van der Waals surface area contributed by atoms with Gasteiger partial charge in [0.15, 0.2) is 0 Å². The normalized spacial score (nSPS) is 21.9. The van der Waals surface area contributed by atoms with Crippen LogP contribution in [0.2, 0.25) is 0 Å². The van der Waals surface area contributed by atoms with E-state index in [9.17, 15) is 4.79 Å². The zero-order valence-electron chi connectivity index (χ0n) is 14.2. The lowest BCUT2D eigenvalue weighted by Crippen LogP contribution is -2.41. The van der Waals surface area contributed by atoms with E-state index in [2.05, 4.69) is 27.4 Å². The molecule has 1 aromatic rings. The van der Waals surface area contributed by atoms with Crippen LogP contribution in [0.25, 0.3) is 0 Å². The Morgan fingerprint density at radius 2 is 2.21 bits per heavy atom. The van der Waals surface area contributed by atoms with Crippen molar-refractivity contribution in [1.82, 2.24) is 15.6 Å². The number of carbonyl (C=O) groups is 1. The molecule has 2 N–H and O–H groups in total. The van der Waals surface area contributed by atoms with Crippen LogP contribution in [-0.2, 0) is 16.1 Å². The van der Waals surface area contributed by atoms with Gasteiger partial charge in [-0.3, -0.25) is 4.79 Å². The molecule has 134 valence electrons. The molecule has 0 aliphatic carbocycles. The van der Waals surface area contributed by atoms with Crippen LogP contribution in [0.15, 0.2) is 18.3 Å². The molecule has 2 aliphatic heterocycles. The second-order valence-corrected chi connectivity index (χ2v) is 6.39. The van der Waals surface area contributed by atoms with Gasteiger partial charge in [0.1, 0.15) is 5.82 Å². The summed E-state index contributed by atoms with van der Waals surface area (Å²) < 4.78 is 5.55. The van der Waals surface area contributed by atoms with Crippen molar-refractivity contribution in [2.24, 2.45) is 5.92 Å². The number of aromatic nitrogens is 1. The molecule has 2 saturated heterocycles. The fraction of sp³-hybridized carbons (Fsp3) is 0.647. The molecule has 0 aromatic carbocycles. The summed E-state index contributed by atoms with van der Waals surface area (Å²) >= 11 is 0. The predicted molar refractivity (Wildman–Crippen MR) is 96.6 cm³/mol. The first-order valence-corrected chi connectivity index (χ1v) is 8.52. The number of pyridine rings is 1. The van der Waals surface area contributed by atoms with Crippen LogP contribution in [0, 0.1) is 5.92 Å². The Morgan fingerprint density at radius 3 is 2.88 bits per heavy atom. The summed E-state index contributed by atoms with van der Waals surface area (Å²) in [6.07, 6.45) is 3.96. The molecular weight excluding hydrogens is 328 g/mol. The van der Waals surface area contributed by atoms with Crippen molar-refractivity contribution in [3.05, 3.63) is 23.9 Å². The number of hydrogen-bond donors (Lipinski definition) is 2. The van der Waals surface area contributed by atoms with Crippen LogP contribution in [0.5, 0.6) is 0 Å². The maximum Gasteiger partial charge on any atom is 0.223 e. The van der Waals surface area contributed by atoms with Crippen molar-refractivity contribution in [2.75, 3.05) is 37.7 Å². The van der Waals surface area contributed by atoms with Crippen molar-refractivity contribution in [3.63, 3.8) is 0 Å². The van der Waals surface area contributed by atoms with E-state index >= 15 is 0 Å². The average Bonchev–Trinajstić information content (AvgIpc) is 2.61. The van der Waals surface area contributed by atoms with Crippen LogP contribution in [-0.4, -0.2) is 49.8 Å². The number of nitrogens with one attached hydrogen (secondary N) is 2. The van der Waals surface area contributed by atoms with Crippen LogP contribution in [0.3, 0.4) is 0 Å². The Bertz CT molecular complexity index is 520. The Hall–Kier alpha value is -1.37. The summed E-state index contributed by atoms with van der Waals surface area (Å²) in [6.45, 7) is 7.00. The van der Waals surface area contributed by atoms with Gasteiger partial charge < -0.3 is 20.3 Å². The van der Waals surface area contributed by atoms with E-state index < -0.39 is 0 Å². The Kier molecular flexibility index (Phi) is 7.27. The number of nitrogens with zero attached hydrogens (tertiary/aromatic N) is 2. The standard InChI is InChI=1S/C17H26N4O2.ClH/c1-13-12-21(8-9-23-13)16-3-2-14(10-19-16)11-20-17(22)15-4-6-18-7-5-15;/h2-3,10,13,15,18H,4-9,11-12H2,1H3,(H,20,22);1H. The molecule has 3 heterocycles. The topological polar surface area (TPSA) is 66.5 Å². The molecular formula is C17H27ClN4O2. The number of carbonyl (C=O) groups excluding carboxylic acids is 1. The number of rotatable bonds is 4. The second-order valence-electron chi connectivity index (χ2n) is 6.39. The molecule has 3 rings (SSSR count). The SMILES string of the molecule is CC1CN(c2ccc(CNC(=O)C3CCNCC3)cn2)CCO1.Cl. The van der Waals surface area contributed by atoms with E-state index in [1.165, 1.54) is 0 Å². The summed E-state index contributed by atoms with van der Waals surface area (Å²) in [7, 11) is 0. The molecule has 2 aliphatic rings. The molecule has 0 bridgehead atoms. The first-order chi connectivity index (χ1) is 11.2. The van der Waals surface area contributed by atoms with Crippen molar-refractivity contribution < 1.29 is 9.53 Å². The lowest BCUT2D eigenvalue weighted by molar-refractivity contribution is -0.125. The van der Waals surface area contributed by atoms with Gasteiger partial charge in [-0.25, -0.2) is 4.98 Å². The fourth-order valence-electron chi connectivity index (χ4n) is 3.15. The number of hydrogen-bond acceptors (Lipinski definition) is 5. The highest BCUT2D eigenvalue weighted by atomic mass is 35.5. The van der Waals surface area contributed by atoms with E-state index in [0.717, 1.165) is 57.0 Å². The maximum absolute atomic E-state index is 12.1. The monoisotopic (exact) mass is 354 g/mol. The molecule has 2 fully saturated rings. The number of amides is 1. The summed E-state index contributed by atoms with van der Waals surface area (Å²) in [5.41, 5.74) is 1.04. The third-order valence-corrected chi connectivity index (χ3v) is 4.55. The minimum Gasteiger partial charge on any atom is -0.375 e. The van der Waals surface area contributed by atoms with Gasteiger partial charge in [0, 0.05) is 31.7 Å². The van der Waals surface area contributed by atoms with E-state index in [1.807, 2.05) is 18.3 Å². The minimum absolute atomic E-state index is 0. The van der Waals surface area contributed by atoms with Crippen molar-refractivity contribution in [2.45, 2.75) is 32.4 Å². The van der Waals surface area contributed by atoms with Gasteiger partial charge in [-0.2, -0.15) is 0 Å². The van der Waals surface area contributed by atoms with Crippen molar-refractivity contribution in [1.29, 1.82) is 0 Å². The average molecular weight is 355 g/mol. The first-order valence-electron chi connectivity index (χ1n) is 8.52. The zero-order valence-corrected chi connectivity index (χ0v) is 15.0. The summed E-state index contributed by atoms with van der Waals surface area (Å²) in [5, 5.41) is 6.31. The molecule has 0 saturated carbocycles. The Labute approximate surface area is 149 Å². The molecule has 0 radical (unpaired) electrons. The smallest absolute Gasteiger partial charge is 0.223 e. The number of ether oxygens (including phenoxy) is 1. The minimum atomic E-state index is 0. The molecule has 1 aromatic heterocycles. The number of anilines is 1. The quantitative estimate of drug-likeness (QED) is 0.854. The third kappa shape index (κ3) is 5.06. The van der Waals surface area contributed by atoms with Gasteiger partial charge >= 0.3 is 0 Å². The Morgan fingerprint density at radius 1 is 1.42 bits per heavy atom. The van der Waals surface area contributed by atoms with E-state index in [1.54, 1.807) is 0 Å². The molecule has 1 unspecified atom stereocenters. The molecule has 6 nitrogen and oxygen atoms in total. The van der Waals surface area contributed by atoms with E-state index in [4.69, 9.17) is 4.74 Å². The molecule has 1 amide bonds. The van der Waals surface area contributed by atoms with Crippen LogP contribution in [0.1, 0.15) is 25.3 Å². The molecule has 1 atom stereocenters. The highest BCUT2D eigenvalue weighted by Gasteiger charge is 2.20. The van der Waals surface area contributed by atoms with Crippen LogP contribution in [0.4, 0.5) is 5.82 Å². The lowest BCUT2D eigenvalue weighted by Gasteiger charge is -2.32. The van der Waals surface area contributed by atoms with Crippen molar-refractivity contribution >= 4 is 24.1 Å². The van der Waals surface area contributed by atoms with Crippen LogP contribution >= 0.6 is 12.4 Å². The van der Waals surface area contributed by atoms with E-state index in [-0.39, 0.29) is 30.3 Å². The van der Waals surface area contributed by atoms with Gasteiger partial charge in [0.05, 0.1) is 12.7 Å². The number of morpholine rings is 1. The summed E-state index contributed by atoms with van der Waals surface area (Å²) in [4.78, 5) is 18.9. The largest absolute Gasteiger partial charge is 0.375 e. The maximum atomic E-state index is 12.1. The number of piperidine rings is 1. The summed E-state index contributed by atoms with van der Waals surface area (Å²) in [5.74, 6) is 1.30. The molecule has 0 spiro atoms. The Balaban J connectivity index is 0.00000208. The van der Waals surface area contributed by atoms with Crippen molar-refractivity contribution in [3.8, 4) is 0 Å². The van der Waals surface area contributed by atoms with Gasteiger partial charge in [-0.05, 0) is 44.5 Å². The first kappa shape index (κ1) is 19.0. The highest BCUT2D eigenvalue weighted by Crippen LogP contribution is 2.16. The fourth-order valence-corrected chi connectivity index (χ4v) is 3.15. The second kappa shape index (κ2) is 9.20. The van der Waals surface area contributed by atoms with Gasteiger partial charge in [-0.15, -0.1) is 12.4 Å². The van der Waals surface area contributed by atoms with Gasteiger partial charge in [0.25, 0.3) is 0 Å². The zero-order chi connectivity index (χ0) is 16.1. The summed E-state index contributed by atoms with van der Waals surface area (Å²) in [6, 6.07) is 4.08. The highest BCUT2D eigenvalue weighted by molar-refractivity contribution is 5.85. The molecule has 7 heteroatoms.